The first kappa shape index (κ1) is 20.0. The molecule has 2 aliphatic heterocycles. The maximum absolute atomic E-state index is 12.9. The van der Waals surface area contributed by atoms with E-state index in [0.29, 0.717) is 37.2 Å². The monoisotopic (exact) mass is 403 g/mol. The van der Waals surface area contributed by atoms with Crippen molar-refractivity contribution >= 4 is 12.0 Å². The van der Waals surface area contributed by atoms with Crippen LogP contribution in [0.2, 0.25) is 0 Å². The Bertz CT molecular complexity index is 985. The SMILES string of the molecule is C[C@@H](c1ccccc1)N1C[C@]2(CCCN(C(=O)c3cccc(C#N)c3)CC2)OC1=O. The zero-order valence-electron chi connectivity index (χ0n) is 17.1. The molecular formula is C24H25N3O3. The van der Waals surface area contributed by atoms with Crippen LogP contribution in [0.4, 0.5) is 4.79 Å². The van der Waals surface area contributed by atoms with E-state index in [1.165, 1.54) is 0 Å². The molecule has 2 aliphatic rings. The van der Waals surface area contributed by atoms with E-state index in [0.717, 1.165) is 18.4 Å². The number of carbonyl (C=O) groups excluding carboxylic acids is 2. The molecule has 0 radical (unpaired) electrons. The van der Waals surface area contributed by atoms with Crippen LogP contribution in [0.15, 0.2) is 54.6 Å². The number of rotatable bonds is 3. The maximum Gasteiger partial charge on any atom is 0.411 e. The van der Waals surface area contributed by atoms with E-state index in [4.69, 9.17) is 10.00 Å². The minimum absolute atomic E-state index is 0.0622. The van der Waals surface area contributed by atoms with Gasteiger partial charge in [-0.15, -0.1) is 0 Å². The van der Waals surface area contributed by atoms with Crippen LogP contribution in [0.1, 0.15) is 53.7 Å². The third-order valence-electron chi connectivity index (χ3n) is 6.17. The van der Waals surface area contributed by atoms with Gasteiger partial charge < -0.3 is 9.64 Å². The van der Waals surface area contributed by atoms with Gasteiger partial charge in [0.05, 0.1) is 24.2 Å². The van der Waals surface area contributed by atoms with Crippen LogP contribution in [-0.2, 0) is 4.74 Å². The van der Waals surface area contributed by atoms with Gasteiger partial charge in [0.2, 0.25) is 0 Å². The molecule has 4 rings (SSSR count). The Labute approximate surface area is 176 Å². The van der Waals surface area contributed by atoms with Crippen LogP contribution >= 0.6 is 0 Å². The summed E-state index contributed by atoms with van der Waals surface area (Å²) in [6.07, 6.45) is 1.83. The van der Waals surface area contributed by atoms with Crippen LogP contribution in [-0.4, -0.2) is 47.0 Å². The quantitative estimate of drug-likeness (QED) is 0.772. The summed E-state index contributed by atoms with van der Waals surface area (Å²) in [4.78, 5) is 29.2. The normalized spacial score (nSPS) is 22.3. The largest absolute Gasteiger partial charge is 0.441 e. The molecule has 2 atom stereocenters. The molecule has 0 N–H and O–H groups in total. The molecule has 2 saturated heterocycles. The van der Waals surface area contributed by atoms with E-state index in [1.807, 2.05) is 42.2 Å². The molecule has 0 aromatic heterocycles. The van der Waals surface area contributed by atoms with E-state index in [2.05, 4.69) is 6.07 Å². The highest BCUT2D eigenvalue weighted by Crippen LogP contribution is 2.37. The van der Waals surface area contributed by atoms with Crippen molar-refractivity contribution in [1.82, 2.24) is 9.80 Å². The molecule has 6 nitrogen and oxygen atoms in total. The second kappa shape index (κ2) is 8.19. The van der Waals surface area contributed by atoms with Crippen LogP contribution in [0, 0.1) is 11.3 Å². The Morgan fingerprint density at radius 3 is 2.70 bits per heavy atom. The molecule has 2 amide bonds. The molecule has 0 unspecified atom stereocenters. The average molecular weight is 403 g/mol. The summed E-state index contributed by atoms with van der Waals surface area (Å²) >= 11 is 0. The van der Waals surface area contributed by atoms with E-state index in [-0.39, 0.29) is 18.0 Å². The van der Waals surface area contributed by atoms with E-state index in [1.54, 1.807) is 29.2 Å². The highest BCUT2D eigenvalue weighted by molar-refractivity contribution is 5.94. The first-order valence-electron chi connectivity index (χ1n) is 10.4. The molecular weight excluding hydrogens is 378 g/mol. The summed E-state index contributed by atoms with van der Waals surface area (Å²) < 4.78 is 5.90. The van der Waals surface area contributed by atoms with Crippen LogP contribution in [0.3, 0.4) is 0 Å². The minimum atomic E-state index is -0.552. The van der Waals surface area contributed by atoms with Gasteiger partial charge in [-0.25, -0.2) is 4.79 Å². The first-order chi connectivity index (χ1) is 14.5. The minimum Gasteiger partial charge on any atom is -0.441 e. The highest BCUT2D eigenvalue weighted by atomic mass is 16.6. The van der Waals surface area contributed by atoms with Gasteiger partial charge in [-0.3, -0.25) is 9.69 Å². The lowest BCUT2D eigenvalue weighted by Crippen LogP contribution is -2.37. The fraction of sp³-hybridized carbons (Fsp3) is 0.375. The Morgan fingerprint density at radius 1 is 1.13 bits per heavy atom. The number of hydrogen-bond donors (Lipinski definition) is 0. The molecule has 30 heavy (non-hydrogen) atoms. The summed E-state index contributed by atoms with van der Waals surface area (Å²) in [5.74, 6) is -0.0806. The Hall–Kier alpha value is -3.33. The second-order valence-electron chi connectivity index (χ2n) is 8.10. The highest BCUT2D eigenvalue weighted by Gasteiger charge is 2.47. The lowest BCUT2D eigenvalue weighted by molar-refractivity contribution is 0.0438. The zero-order chi connectivity index (χ0) is 21.1. The average Bonchev–Trinajstić information content (AvgIpc) is 2.97. The van der Waals surface area contributed by atoms with Crippen LogP contribution in [0.5, 0.6) is 0 Å². The number of hydrogen-bond acceptors (Lipinski definition) is 4. The summed E-state index contributed by atoms with van der Waals surface area (Å²) in [5, 5.41) is 9.09. The molecule has 2 aromatic rings. The van der Waals surface area contributed by atoms with Crippen molar-refractivity contribution in [3.05, 3.63) is 71.3 Å². The van der Waals surface area contributed by atoms with Crippen molar-refractivity contribution in [2.75, 3.05) is 19.6 Å². The number of nitrogens with zero attached hydrogens (tertiary/aromatic N) is 3. The van der Waals surface area contributed by atoms with Crippen molar-refractivity contribution in [3.8, 4) is 6.07 Å². The fourth-order valence-corrected chi connectivity index (χ4v) is 4.39. The Morgan fingerprint density at radius 2 is 1.93 bits per heavy atom. The van der Waals surface area contributed by atoms with Crippen molar-refractivity contribution < 1.29 is 14.3 Å². The fourth-order valence-electron chi connectivity index (χ4n) is 4.39. The van der Waals surface area contributed by atoms with Crippen LogP contribution < -0.4 is 0 Å². The predicted octanol–water partition coefficient (Wildman–Crippen LogP) is 4.14. The second-order valence-corrected chi connectivity index (χ2v) is 8.10. The predicted molar refractivity (Wildman–Crippen MR) is 112 cm³/mol. The molecule has 2 heterocycles. The van der Waals surface area contributed by atoms with Crippen LogP contribution in [0.25, 0.3) is 0 Å². The molecule has 0 saturated carbocycles. The summed E-state index contributed by atoms with van der Waals surface area (Å²) in [6, 6.07) is 18.7. The third-order valence-corrected chi connectivity index (χ3v) is 6.17. The Balaban J connectivity index is 1.45. The van der Waals surface area contributed by atoms with Crippen molar-refractivity contribution in [2.24, 2.45) is 0 Å². The number of likely N-dealkylation sites (tertiary alicyclic amines) is 1. The lowest BCUT2D eigenvalue weighted by Gasteiger charge is -2.27. The first-order valence-corrected chi connectivity index (χ1v) is 10.4. The van der Waals surface area contributed by atoms with Gasteiger partial charge in [0.1, 0.15) is 5.60 Å². The van der Waals surface area contributed by atoms with E-state index >= 15 is 0 Å². The van der Waals surface area contributed by atoms with E-state index < -0.39 is 5.60 Å². The third kappa shape index (κ3) is 3.88. The zero-order valence-corrected chi connectivity index (χ0v) is 17.1. The van der Waals surface area contributed by atoms with Crippen molar-refractivity contribution in [3.63, 3.8) is 0 Å². The summed E-state index contributed by atoms with van der Waals surface area (Å²) in [5.41, 5.74) is 1.52. The molecule has 0 bridgehead atoms. The molecule has 6 heteroatoms. The van der Waals surface area contributed by atoms with Gasteiger partial charge in [0, 0.05) is 25.1 Å². The van der Waals surface area contributed by atoms with Gasteiger partial charge >= 0.3 is 6.09 Å². The van der Waals surface area contributed by atoms with Gasteiger partial charge in [-0.05, 0) is 43.5 Å². The summed E-state index contributed by atoms with van der Waals surface area (Å²) in [7, 11) is 0. The van der Waals surface area contributed by atoms with Gasteiger partial charge in [0.15, 0.2) is 0 Å². The van der Waals surface area contributed by atoms with Gasteiger partial charge in [0.25, 0.3) is 5.91 Å². The molecule has 1 spiro atoms. The lowest BCUT2D eigenvalue weighted by atomic mass is 9.94. The van der Waals surface area contributed by atoms with Gasteiger partial charge in [-0.1, -0.05) is 36.4 Å². The maximum atomic E-state index is 12.9. The molecule has 0 aliphatic carbocycles. The van der Waals surface area contributed by atoms with Crippen molar-refractivity contribution in [2.45, 2.75) is 37.8 Å². The summed E-state index contributed by atoms with van der Waals surface area (Å²) in [6.45, 7) is 3.69. The van der Waals surface area contributed by atoms with Gasteiger partial charge in [-0.2, -0.15) is 5.26 Å². The number of nitriles is 1. The number of carbonyl (C=O) groups is 2. The molecule has 2 aromatic carbocycles. The Kier molecular flexibility index (Phi) is 5.45. The molecule has 2 fully saturated rings. The number of ether oxygens (including phenoxy) is 1. The topological polar surface area (TPSA) is 73.6 Å². The standard InChI is InChI=1S/C24H25N3O3/c1-18(20-8-3-2-4-9-20)27-17-24(30-23(27)29)11-6-13-26(14-12-24)22(28)21-10-5-7-19(15-21)16-25/h2-5,7-10,15,18H,6,11-14,17H2,1H3/t18-,24+/m0/s1. The number of benzene rings is 2. The van der Waals surface area contributed by atoms with Crippen molar-refractivity contribution in [1.29, 1.82) is 5.26 Å². The molecule has 154 valence electrons. The van der Waals surface area contributed by atoms with E-state index in [9.17, 15) is 9.59 Å². The number of amides is 2. The smallest absolute Gasteiger partial charge is 0.411 e.